The fraction of sp³-hybridized carbons (Fsp3) is 0.0909. The third kappa shape index (κ3) is 4.28. The van der Waals surface area contributed by atoms with Crippen LogP contribution in [0.4, 0.5) is 0 Å². The van der Waals surface area contributed by atoms with E-state index in [0.29, 0.717) is 17.1 Å². The molecule has 0 heterocycles. The van der Waals surface area contributed by atoms with E-state index in [0.717, 1.165) is 11.1 Å². The van der Waals surface area contributed by atoms with E-state index in [9.17, 15) is 4.79 Å². The number of esters is 1. The van der Waals surface area contributed by atoms with Gasteiger partial charge in [-0.05, 0) is 54.4 Å². The molecule has 0 saturated heterocycles. The average molecular weight is 343 g/mol. The first-order valence-corrected chi connectivity index (χ1v) is 8.20. The molecule has 0 radical (unpaired) electrons. The van der Waals surface area contributed by atoms with E-state index in [1.807, 2.05) is 42.5 Å². The van der Waals surface area contributed by atoms with Crippen molar-refractivity contribution in [2.24, 2.45) is 0 Å². The number of carbonyl (C=O) groups excluding carboxylic acids is 1. The fourth-order valence-electron chi connectivity index (χ4n) is 2.40. The largest absolute Gasteiger partial charge is 0.479 e. The van der Waals surface area contributed by atoms with E-state index in [2.05, 4.69) is 6.07 Å². The van der Waals surface area contributed by atoms with Crippen molar-refractivity contribution in [2.75, 3.05) is 0 Å². The summed E-state index contributed by atoms with van der Waals surface area (Å²) >= 11 is 0. The minimum atomic E-state index is -0.712. The molecule has 0 aliphatic heterocycles. The Kier molecular flexibility index (Phi) is 5.31. The minimum absolute atomic E-state index is 0.455. The second kappa shape index (κ2) is 8.00. The van der Waals surface area contributed by atoms with Gasteiger partial charge < -0.3 is 9.47 Å². The summed E-state index contributed by atoms with van der Waals surface area (Å²) in [6, 6.07) is 25.8. The number of para-hydroxylation sites is 1. The van der Waals surface area contributed by atoms with Gasteiger partial charge in [-0.2, -0.15) is 5.26 Å². The Labute approximate surface area is 152 Å². The van der Waals surface area contributed by atoms with Crippen LogP contribution in [-0.2, 0) is 4.79 Å². The van der Waals surface area contributed by atoms with Crippen molar-refractivity contribution in [3.63, 3.8) is 0 Å². The summed E-state index contributed by atoms with van der Waals surface area (Å²) in [6.07, 6.45) is -0.712. The highest BCUT2D eigenvalue weighted by Crippen LogP contribution is 2.23. The maximum atomic E-state index is 12.2. The molecule has 0 aliphatic rings. The molecule has 0 amide bonds. The summed E-state index contributed by atoms with van der Waals surface area (Å²) in [6.45, 7) is 1.65. The summed E-state index contributed by atoms with van der Waals surface area (Å²) in [4.78, 5) is 12.2. The van der Waals surface area contributed by atoms with Crippen LogP contribution in [-0.4, -0.2) is 12.1 Å². The number of hydrogen-bond donors (Lipinski definition) is 0. The molecule has 3 rings (SSSR count). The molecule has 0 N–H and O–H groups in total. The quantitative estimate of drug-likeness (QED) is 0.502. The molecule has 0 fully saturated rings. The van der Waals surface area contributed by atoms with Crippen molar-refractivity contribution in [3.8, 4) is 28.7 Å². The van der Waals surface area contributed by atoms with Crippen LogP contribution < -0.4 is 9.47 Å². The Bertz CT molecular complexity index is 910. The summed E-state index contributed by atoms with van der Waals surface area (Å²) in [5.74, 6) is 0.615. The van der Waals surface area contributed by atoms with Crippen LogP contribution in [0.15, 0.2) is 78.9 Å². The molecule has 0 aliphatic carbocycles. The van der Waals surface area contributed by atoms with Gasteiger partial charge in [0.25, 0.3) is 0 Å². The van der Waals surface area contributed by atoms with E-state index >= 15 is 0 Å². The van der Waals surface area contributed by atoms with Crippen LogP contribution in [0.2, 0.25) is 0 Å². The van der Waals surface area contributed by atoms with Gasteiger partial charge in [0.2, 0.25) is 0 Å². The molecule has 4 heteroatoms. The highest BCUT2D eigenvalue weighted by molar-refractivity contribution is 5.77. The second-order valence-corrected chi connectivity index (χ2v) is 5.71. The van der Waals surface area contributed by atoms with Gasteiger partial charge in [0.15, 0.2) is 6.10 Å². The summed E-state index contributed by atoms with van der Waals surface area (Å²) < 4.78 is 10.9. The monoisotopic (exact) mass is 343 g/mol. The van der Waals surface area contributed by atoms with Gasteiger partial charge in [0.05, 0.1) is 11.6 Å². The summed E-state index contributed by atoms with van der Waals surface area (Å²) in [5, 5.41) is 8.85. The van der Waals surface area contributed by atoms with E-state index in [1.165, 1.54) is 0 Å². The Morgan fingerprint density at radius 1 is 0.846 bits per heavy atom. The SMILES string of the molecule is CC(Oc1ccccc1)C(=O)Oc1ccc(-c2ccc(C#N)cc2)cc1. The van der Waals surface area contributed by atoms with E-state index in [4.69, 9.17) is 14.7 Å². The first-order chi connectivity index (χ1) is 12.7. The van der Waals surface area contributed by atoms with Gasteiger partial charge in [0, 0.05) is 0 Å². The Morgan fingerprint density at radius 3 is 2.00 bits per heavy atom. The molecule has 26 heavy (non-hydrogen) atoms. The van der Waals surface area contributed by atoms with Crippen LogP contribution >= 0.6 is 0 Å². The number of ether oxygens (including phenoxy) is 2. The standard InChI is InChI=1S/C22H17NO3/c1-16(25-20-5-3-2-4-6-20)22(24)26-21-13-11-19(12-14-21)18-9-7-17(15-23)8-10-18/h2-14,16H,1H3. The Morgan fingerprint density at radius 2 is 1.42 bits per heavy atom. The van der Waals surface area contributed by atoms with E-state index in [-0.39, 0.29) is 0 Å². The maximum absolute atomic E-state index is 12.2. The van der Waals surface area contributed by atoms with Crippen molar-refractivity contribution in [1.29, 1.82) is 5.26 Å². The Hall–Kier alpha value is -3.58. The third-order valence-corrected chi connectivity index (χ3v) is 3.81. The van der Waals surface area contributed by atoms with Gasteiger partial charge in [0.1, 0.15) is 11.5 Å². The lowest BCUT2D eigenvalue weighted by Gasteiger charge is -2.14. The highest BCUT2D eigenvalue weighted by atomic mass is 16.6. The molecule has 4 nitrogen and oxygen atoms in total. The number of nitrogens with zero attached hydrogens (tertiary/aromatic N) is 1. The molecule has 1 atom stereocenters. The minimum Gasteiger partial charge on any atom is -0.479 e. The maximum Gasteiger partial charge on any atom is 0.352 e. The van der Waals surface area contributed by atoms with Gasteiger partial charge in [-0.25, -0.2) is 4.79 Å². The molecular weight excluding hydrogens is 326 g/mol. The van der Waals surface area contributed by atoms with Crippen molar-refractivity contribution in [3.05, 3.63) is 84.4 Å². The molecule has 3 aromatic carbocycles. The van der Waals surface area contributed by atoms with Gasteiger partial charge in [-0.15, -0.1) is 0 Å². The number of carbonyl (C=O) groups is 1. The van der Waals surface area contributed by atoms with Gasteiger partial charge in [-0.3, -0.25) is 0 Å². The van der Waals surface area contributed by atoms with Crippen LogP contribution in [0.5, 0.6) is 11.5 Å². The summed E-state index contributed by atoms with van der Waals surface area (Å²) in [5.41, 5.74) is 2.58. The van der Waals surface area contributed by atoms with Crippen molar-refractivity contribution in [2.45, 2.75) is 13.0 Å². The van der Waals surface area contributed by atoms with E-state index < -0.39 is 12.1 Å². The lowest BCUT2D eigenvalue weighted by atomic mass is 10.0. The lowest BCUT2D eigenvalue weighted by molar-refractivity contribution is -0.141. The first-order valence-electron chi connectivity index (χ1n) is 8.20. The van der Waals surface area contributed by atoms with Crippen molar-refractivity contribution in [1.82, 2.24) is 0 Å². The number of hydrogen-bond acceptors (Lipinski definition) is 4. The lowest BCUT2D eigenvalue weighted by Crippen LogP contribution is -2.28. The zero-order chi connectivity index (χ0) is 18.4. The Balaban J connectivity index is 1.63. The van der Waals surface area contributed by atoms with Crippen molar-refractivity contribution >= 4 is 5.97 Å². The van der Waals surface area contributed by atoms with Crippen LogP contribution in [0.3, 0.4) is 0 Å². The second-order valence-electron chi connectivity index (χ2n) is 5.71. The highest BCUT2D eigenvalue weighted by Gasteiger charge is 2.17. The zero-order valence-electron chi connectivity index (χ0n) is 14.3. The van der Waals surface area contributed by atoms with Crippen LogP contribution in [0, 0.1) is 11.3 Å². The number of rotatable bonds is 5. The molecular formula is C22H17NO3. The number of benzene rings is 3. The smallest absolute Gasteiger partial charge is 0.352 e. The molecule has 0 bridgehead atoms. The van der Waals surface area contributed by atoms with Gasteiger partial charge >= 0.3 is 5.97 Å². The molecule has 0 aromatic heterocycles. The average Bonchev–Trinajstić information content (AvgIpc) is 2.69. The summed E-state index contributed by atoms with van der Waals surface area (Å²) in [7, 11) is 0. The van der Waals surface area contributed by atoms with Crippen LogP contribution in [0.25, 0.3) is 11.1 Å². The predicted octanol–water partition coefficient (Wildman–Crippen LogP) is 4.60. The van der Waals surface area contributed by atoms with Crippen molar-refractivity contribution < 1.29 is 14.3 Å². The first kappa shape index (κ1) is 17.2. The van der Waals surface area contributed by atoms with E-state index in [1.54, 1.807) is 43.3 Å². The predicted molar refractivity (Wildman–Crippen MR) is 98.8 cm³/mol. The molecule has 128 valence electrons. The topological polar surface area (TPSA) is 59.3 Å². The third-order valence-electron chi connectivity index (χ3n) is 3.81. The molecule has 1 unspecified atom stereocenters. The fourth-order valence-corrected chi connectivity index (χ4v) is 2.40. The normalized spacial score (nSPS) is 11.2. The molecule has 0 saturated carbocycles. The number of nitriles is 1. The zero-order valence-corrected chi connectivity index (χ0v) is 14.3. The molecule has 3 aromatic rings. The molecule has 0 spiro atoms. The van der Waals surface area contributed by atoms with Crippen LogP contribution in [0.1, 0.15) is 12.5 Å². The van der Waals surface area contributed by atoms with Gasteiger partial charge in [-0.1, -0.05) is 42.5 Å².